The minimum Gasteiger partial charge on any atom is -0.478 e. The molecule has 1 heterocycles. The second-order valence-electron chi connectivity index (χ2n) is 6.32. The second kappa shape index (κ2) is 4.93. The summed E-state index contributed by atoms with van der Waals surface area (Å²) < 4.78 is 0. The second-order valence-corrected chi connectivity index (χ2v) is 6.73. The van der Waals surface area contributed by atoms with Crippen molar-refractivity contribution in [1.82, 2.24) is 0 Å². The molecule has 5 rings (SSSR count). The first-order valence-electron chi connectivity index (χ1n) is 7.58. The molecule has 118 valence electrons. The van der Waals surface area contributed by atoms with E-state index >= 15 is 0 Å². The largest absolute Gasteiger partial charge is 0.478 e. The molecule has 1 saturated heterocycles. The molecule has 0 spiro atoms. The molecule has 1 aliphatic heterocycles. The summed E-state index contributed by atoms with van der Waals surface area (Å²) in [4.78, 5) is 38.0. The van der Waals surface area contributed by atoms with Gasteiger partial charge in [0, 0.05) is 0 Å². The summed E-state index contributed by atoms with van der Waals surface area (Å²) in [7, 11) is 0. The number of imide groups is 1. The monoisotopic (exact) mass is 331 g/mol. The number of nitrogens with zero attached hydrogens (tertiary/aromatic N) is 1. The maximum absolute atomic E-state index is 12.8. The Morgan fingerprint density at radius 1 is 1.09 bits per heavy atom. The molecule has 5 nitrogen and oxygen atoms in total. The van der Waals surface area contributed by atoms with Crippen LogP contribution in [0, 0.1) is 23.7 Å². The SMILES string of the molecule is O=C(O)c1cc(N2C(=O)[C@@H]3[C@@H](C2=O)[C@H]2C=C[C@H]3CC2)ccc1Cl. The van der Waals surface area contributed by atoms with Crippen LogP contribution in [0.4, 0.5) is 5.69 Å². The van der Waals surface area contributed by atoms with E-state index in [1.165, 1.54) is 18.2 Å². The highest BCUT2D eigenvalue weighted by Gasteiger charge is 2.56. The topological polar surface area (TPSA) is 74.7 Å². The lowest BCUT2D eigenvalue weighted by Gasteiger charge is -2.38. The Balaban J connectivity index is 1.76. The first-order valence-corrected chi connectivity index (χ1v) is 7.96. The Bertz CT molecular complexity index is 740. The molecule has 0 unspecified atom stereocenters. The van der Waals surface area contributed by atoms with E-state index in [4.69, 9.17) is 11.6 Å². The number of hydrogen-bond acceptors (Lipinski definition) is 3. The summed E-state index contributed by atoms with van der Waals surface area (Å²) in [5.41, 5.74) is 0.177. The van der Waals surface area contributed by atoms with Gasteiger partial charge in [-0.1, -0.05) is 23.8 Å². The average Bonchev–Trinajstić information content (AvgIpc) is 2.83. The van der Waals surface area contributed by atoms with Gasteiger partial charge in [0.25, 0.3) is 0 Å². The highest BCUT2D eigenvalue weighted by molar-refractivity contribution is 6.34. The van der Waals surface area contributed by atoms with Crippen molar-refractivity contribution in [3.63, 3.8) is 0 Å². The summed E-state index contributed by atoms with van der Waals surface area (Å²) in [6.07, 6.45) is 5.95. The van der Waals surface area contributed by atoms with Crippen molar-refractivity contribution in [2.24, 2.45) is 23.7 Å². The molecule has 4 aliphatic rings. The zero-order valence-corrected chi connectivity index (χ0v) is 12.9. The number of carboxylic acids is 1. The van der Waals surface area contributed by atoms with Gasteiger partial charge >= 0.3 is 5.97 Å². The third-order valence-corrected chi connectivity index (χ3v) is 5.53. The smallest absolute Gasteiger partial charge is 0.337 e. The fourth-order valence-corrected chi connectivity index (χ4v) is 4.34. The Morgan fingerprint density at radius 3 is 2.13 bits per heavy atom. The van der Waals surface area contributed by atoms with Gasteiger partial charge in [-0.3, -0.25) is 9.59 Å². The molecule has 1 saturated carbocycles. The minimum absolute atomic E-state index is 0.0829. The number of carbonyl (C=O) groups excluding carboxylic acids is 2. The summed E-state index contributed by atoms with van der Waals surface area (Å²) >= 11 is 5.87. The Kier molecular flexibility index (Phi) is 3.10. The Morgan fingerprint density at radius 2 is 1.65 bits per heavy atom. The van der Waals surface area contributed by atoms with Crippen molar-refractivity contribution < 1.29 is 19.5 Å². The van der Waals surface area contributed by atoms with E-state index in [9.17, 15) is 19.5 Å². The third-order valence-electron chi connectivity index (χ3n) is 5.20. The number of anilines is 1. The molecule has 1 aromatic rings. The van der Waals surface area contributed by atoms with E-state index in [-0.39, 0.29) is 51.8 Å². The summed E-state index contributed by atoms with van der Waals surface area (Å²) in [6, 6.07) is 4.24. The number of carbonyl (C=O) groups is 3. The van der Waals surface area contributed by atoms with Gasteiger partial charge in [0.15, 0.2) is 0 Å². The Labute approximate surface area is 137 Å². The third kappa shape index (κ3) is 1.96. The van der Waals surface area contributed by atoms with E-state index in [1.54, 1.807) is 0 Å². The van der Waals surface area contributed by atoms with Crippen LogP contribution in [-0.4, -0.2) is 22.9 Å². The molecule has 2 bridgehead atoms. The average molecular weight is 332 g/mol. The molecule has 1 N–H and O–H groups in total. The molecular weight excluding hydrogens is 318 g/mol. The van der Waals surface area contributed by atoms with Crippen LogP contribution in [0.25, 0.3) is 0 Å². The van der Waals surface area contributed by atoms with Gasteiger partial charge in [0.2, 0.25) is 11.8 Å². The van der Waals surface area contributed by atoms with Crippen molar-refractivity contribution in [3.05, 3.63) is 40.9 Å². The number of fused-ring (bicyclic) bond motifs is 1. The lowest BCUT2D eigenvalue weighted by molar-refractivity contribution is -0.124. The van der Waals surface area contributed by atoms with E-state index < -0.39 is 5.97 Å². The van der Waals surface area contributed by atoms with E-state index in [0.717, 1.165) is 17.7 Å². The number of aromatic carboxylic acids is 1. The van der Waals surface area contributed by atoms with E-state index in [0.29, 0.717) is 0 Å². The number of amides is 2. The van der Waals surface area contributed by atoms with Gasteiger partial charge in [-0.15, -0.1) is 0 Å². The predicted octanol–water partition coefficient (Wildman–Crippen LogP) is 2.74. The normalized spacial score (nSPS) is 31.6. The summed E-state index contributed by atoms with van der Waals surface area (Å²) in [6.45, 7) is 0. The van der Waals surface area contributed by atoms with Gasteiger partial charge in [0.05, 0.1) is 28.1 Å². The van der Waals surface area contributed by atoms with Gasteiger partial charge in [-0.25, -0.2) is 9.69 Å². The van der Waals surface area contributed by atoms with Crippen LogP contribution in [0.3, 0.4) is 0 Å². The van der Waals surface area contributed by atoms with Crippen LogP contribution in [-0.2, 0) is 9.59 Å². The van der Waals surface area contributed by atoms with Gasteiger partial charge in [-0.2, -0.15) is 0 Å². The molecule has 2 fully saturated rings. The molecule has 0 aromatic heterocycles. The number of rotatable bonds is 2. The first-order chi connectivity index (χ1) is 11.0. The zero-order chi connectivity index (χ0) is 16.3. The summed E-state index contributed by atoms with van der Waals surface area (Å²) in [5.74, 6) is -2.04. The highest BCUT2D eigenvalue weighted by atomic mass is 35.5. The summed E-state index contributed by atoms with van der Waals surface area (Å²) in [5, 5.41) is 9.27. The quantitative estimate of drug-likeness (QED) is 0.668. The maximum Gasteiger partial charge on any atom is 0.337 e. The number of halogens is 1. The molecule has 23 heavy (non-hydrogen) atoms. The number of carboxylic acid groups (broad SMARTS) is 1. The fourth-order valence-electron chi connectivity index (χ4n) is 4.14. The van der Waals surface area contributed by atoms with Crippen LogP contribution in [0.1, 0.15) is 23.2 Å². The van der Waals surface area contributed by atoms with Crippen molar-refractivity contribution >= 4 is 35.1 Å². The molecule has 6 heteroatoms. The van der Waals surface area contributed by atoms with Crippen LogP contribution in [0.15, 0.2) is 30.4 Å². The number of benzene rings is 1. The van der Waals surface area contributed by atoms with Gasteiger partial charge in [-0.05, 0) is 42.9 Å². The van der Waals surface area contributed by atoms with Gasteiger partial charge in [0.1, 0.15) is 0 Å². The maximum atomic E-state index is 12.8. The number of allylic oxidation sites excluding steroid dienone is 2. The highest BCUT2D eigenvalue weighted by Crippen LogP contribution is 2.50. The van der Waals surface area contributed by atoms with Gasteiger partial charge < -0.3 is 5.11 Å². The van der Waals surface area contributed by atoms with Crippen molar-refractivity contribution in [2.75, 3.05) is 4.90 Å². The van der Waals surface area contributed by atoms with E-state index in [2.05, 4.69) is 12.2 Å². The fraction of sp³-hybridized carbons (Fsp3) is 0.353. The Hall–Kier alpha value is -2.14. The predicted molar refractivity (Wildman–Crippen MR) is 83.2 cm³/mol. The lowest BCUT2D eigenvalue weighted by Crippen LogP contribution is -2.38. The first kappa shape index (κ1) is 14.5. The lowest BCUT2D eigenvalue weighted by atomic mass is 9.63. The standard InChI is InChI=1S/C17H14ClNO4/c18-12-6-5-10(7-11(12)17(22)23)19-15(20)13-8-1-2-9(4-3-8)14(13)16(19)21/h1-2,5-9,13-14H,3-4H2,(H,22,23)/t8-,9-,13-,14-/m0/s1. The molecule has 0 radical (unpaired) electrons. The van der Waals surface area contributed by atoms with Crippen molar-refractivity contribution in [1.29, 1.82) is 0 Å². The number of hydrogen-bond donors (Lipinski definition) is 1. The molecule has 1 aromatic carbocycles. The molecular formula is C17H14ClNO4. The van der Waals surface area contributed by atoms with Crippen LogP contribution < -0.4 is 4.90 Å². The zero-order valence-electron chi connectivity index (χ0n) is 12.1. The molecule has 4 atom stereocenters. The molecule has 3 aliphatic carbocycles. The van der Waals surface area contributed by atoms with Crippen molar-refractivity contribution in [3.8, 4) is 0 Å². The van der Waals surface area contributed by atoms with Crippen LogP contribution in [0.2, 0.25) is 5.02 Å². The molecule has 2 amide bonds. The van der Waals surface area contributed by atoms with Crippen LogP contribution >= 0.6 is 11.6 Å². The van der Waals surface area contributed by atoms with E-state index in [1.807, 2.05) is 0 Å². The van der Waals surface area contributed by atoms with Crippen LogP contribution in [0.5, 0.6) is 0 Å². The minimum atomic E-state index is -1.19. The van der Waals surface area contributed by atoms with Crippen molar-refractivity contribution in [2.45, 2.75) is 12.8 Å².